The summed E-state index contributed by atoms with van der Waals surface area (Å²) in [4.78, 5) is 34.6. The number of carbonyl (C=O) groups excluding carboxylic acids is 2. The van der Waals surface area contributed by atoms with Crippen molar-refractivity contribution in [1.29, 1.82) is 0 Å². The van der Waals surface area contributed by atoms with Crippen LogP contribution in [0.3, 0.4) is 0 Å². The first-order valence-electron chi connectivity index (χ1n) is 6.51. The number of carboxylic acids is 1. The Balaban J connectivity index is 1.85. The second-order valence-corrected chi connectivity index (χ2v) is 5.41. The van der Waals surface area contributed by atoms with E-state index < -0.39 is 23.3 Å². The van der Waals surface area contributed by atoms with Crippen molar-refractivity contribution in [3.8, 4) is 0 Å². The van der Waals surface area contributed by atoms with Gasteiger partial charge in [-0.25, -0.2) is 4.79 Å². The molecule has 112 valence electrons. The minimum absolute atomic E-state index is 0.267. The van der Waals surface area contributed by atoms with E-state index in [0.717, 1.165) is 6.42 Å². The fraction of sp³-hybridized carbons (Fsp3) is 0.357. The van der Waals surface area contributed by atoms with Crippen molar-refractivity contribution in [2.24, 2.45) is 0 Å². The van der Waals surface area contributed by atoms with Gasteiger partial charge in [-0.1, -0.05) is 11.6 Å². The first kappa shape index (κ1) is 15.3. The highest BCUT2D eigenvalue weighted by Gasteiger charge is 2.45. The van der Waals surface area contributed by atoms with Crippen molar-refractivity contribution in [3.05, 3.63) is 34.9 Å². The van der Waals surface area contributed by atoms with Crippen LogP contribution in [-0.4, -0.2) is 35.0 Å². The van der Waals surface area contributed by atoms with Crippen LogP contribution in [0.5, 0.6) is 0 Å². The number of amides is 2. The van der Waals surface area contributed by atoms with E-state index in [4.69, 9.17) is 16.7 Å². The predicted molar refractivity (Wildman–Crippen MR) is 76.1 cm³/mol. The van der Waals surface area contributed by atoms with E-state index in [1.54, 1.807) is 24.3 Å². The van der Waals surface area contributed by atoms with E-state index >= 15 is 0 Å². The number of hydrogen-bond acceptors (Lipinski definition) is 3. The van der Waals surface area contributed by atoms with E-state index in [-0.39, 0.29) is 6.54 Å². The maximum Gasteiger partial charge on any atom is 0.329 e. The molecular weight excluding hydrogens is 296 g/mol. The van der Waals surface area contributed by atoms with Crippen molar-refractivity contribution < 1.29 is 19.5 Å². The Morgan fingerprint density at radius 2 is 1.81 bits per heavy atom. The number of carbonyl (C=O) groups is 3. The largest absolute Gasteiger partial charge is 0.480 e. The van der Waals surface area contributed by atoms with Crippen LogP contribution in [0.25, 0.3) is 0 Å². The van der Waals surface area contributed by atoms with Crippen LogP contribution in [0.15, 0.2) is 24.3 Å². The Morgan fingerprint density at radius 3 is 2.29 bits per heavy atom. The summed E-state index contributed by atoms with van der Waals surface area (Å²) >= 11 is 5.72. The molecule has 1 fully saturated rings. The molecule has 1 aromatic carbocycles. The lowest BCUT2D eigenvalue weighted by Crippen LogP contribution is -2.60. The fourth-order valence-electron chi connectivity index (χ4n) is 2.10. The maximum absolute atomic E-state index is 11.8. The molecule has 21 heavy (non-hydrogen) atoms. The number of halogens is 1. The van der Waals surface area contributed by atoms with Crippen LogP contribution in [0.2, 0.25) is 5.02 Å². The van der Waals surface area contributed by atoms with Gasteiger partial charge in [-0.2, -0.15) is 0 Å². The molecule has 1 aliphatic carbocycles. The summed E-state index contributed by atoms with van der Waals surface area (Å²) in [6, 6.07) is 6.23. The molecule has 0 aliphatic heterocycles. The van der Waals surface area contributed by atoms with Crippen molar-refractivity contribution in [2.45, 2.75) is 24.8 Å². The van der Waals surface area contributed by atoms with Crippen molar-refractivity contribution in [1.82, 2.24) is 10.6 Å². The zero-order valence-electron chi connectivity index (χ0n) is 11.2. The van der Waals surface area contributed by atoms with E-state index in [1.165, 1.54) is 0 Å². The fourth-order valence-corrected chi connectivity index (χ4v) is 2.22. The first-order chi connectivity index (χ1) is 9.93. The second-order valence-electron chi connectivity index (χ2n) is 4.98. The Kier molecular flexibility index (Phi) is 4.47. The molecule has 6 nitrogen and oxygen atoms in total. The Bertz CT molecular complexity index is 567. The number of carboxylic acid groups (broad SMARTS) is 1. The van der Waals surface area contributed by atoms with Gasteiger partial charge >= 0.3 is 5.97 Å². The summed E-state index contributed by atoms with van der Waals surface area (Å²) in [7, 11) is 0. The average molecular weight is 311 g/mol. The SMILES string of the molecule is O=C(CNC(=O)c1ccc(Cl)cc1)NC1(C(=O)O)CCC1. The normalized spacial score (nSPS) is 15.7. The molecular formula is C14H15ClN2O4. The van der Waals surface area contributed by atoms with Gasteiger partial charge in [0.15, 0.2) is 0 Å². The molecule has 0 radical (unpaired) electrons. The summed E-state index contributed by atoms with van der Waals surface area (Å²) in [5.74, 6) is -1.97. The van der Waals surface area contributed by atoms with E-state index in [2.05, 4.69) is 10.6 Å². The lowest BCUT2D eigenvalue weighted by atomic mass is 9.77. The lowest BCUT2D eigenvalue weighted by molar-refractivity contribution is -0.151. The molecule has 0 saturated heterocycles. The minimum atomic E-state index is -1.16. The minimum Gasteiger partial charge on any atom is -0.480 e. The third-order valence-electron chi connectivity index (χ3n) is 3.51. The van der Waals surface area contributed by atoms with Crippen LogP contribution >= 0.6 is 11.6 Å². The third kappa shape index (κ3) is 3.52. The van der Waals surface area contributed by atoms with Crippen molar-refractivity contribution in [2.75, 3.05) is 6.54 Å². The first-order valence-corrected chi connectivity index (χ1v) is 6.89. The van der Waals surface area contributed by atoms with E-state index in [9.17, 15) is 14.4 Å². The van der Waals surface area contributed by atoms with Gasteiger partial charge in [0.2, 0.25) is 5.91 Å². The predicted octanol–water partition coefficient (Wildman–Crippen LogP) is 1.19. The highest BCUT2D eigenvalue weighted by atomic mass is 35.5. The molecule has 0 heterocycles. The molecule has 7 heteroatoms. The molecule has 3 N–H and O–H groups in total. The van der Waals surface area contributed by atoms with Gasteiger partial charge in [0.25, 0.3) is 5.91 Å². The van der Waals surface area contributed by atoms with Gasteiger partial charge in [0.05, 0.1) is 6.54 Å². The Labute approximate surface area is 126 Å². The molecule has 2 amide bonds. The number of rotatable bonds is 5. The Hall–Kier alpha value is -2.08. The van der Waals surface area contributed by atoms with Crippen molar-refractivity contribution >= 4 is 29.4 Å². The standard InChI is InChI=1S/C14H15ClN2O4/c15-10-4-2-9(3-5-10)12(19)16-8-11(18)17-14(13(20)21)6-1-7-14/h2-5H,1,6-8H2,(H,16,19)(H,17,18)(H,20,21). The van der Waals surface area contributed by atoms with Gasteiger partial charge in [-0.3, -0.25) is 9.59 Å². The zero-order valence-corrected chi connectivity index (χ0v) is 11.9. The summed E-state index contributed by atoms with van der Waals surface area (Å²) in [6.45, 7) is -0.267. The highest BCUT2D eigenvalue weighted by molar-refractivity contribution is 6.30. The van der Waals surface area contributed by atoms with Crippen LogP contribution in [-0.2, 0) is 9.59 Å². The molecule has 0 spiro atoms. The summed E-state index contributed by atoms with van der Waals surface area (Å²) < 4.78 is 0. The van der Waals surface area contributed by atoms with Crippen molar-refractivity contribution in [3.63, 3.8) is 0 Å². The van der Waals surface area contributed by atoms with E-state index in [0.29, 0.717) is 23.4 Å². The summed E-state index contributed by atoms with van der Waals surface area (Å²) in [6.07, 6.45) is 1.60. The van der Waals surface area contributed by atoms with Crippen LogP contribution in [0, 0.1) is 0 Å². The quantitative estimate of drug-likeness (QED) is 0.761. The average Bonchev–Trinajstić information content (AvgIpc) is 2.40. The number of aliphatic carboxylic acids is 1. The molecule has 0 aromatic heterocycles. The van der Waals surface area contributed by atoms with Gasteiger partial charge in [0.1, 0.15) is 5.54 Å². The van der Waals surface area contributed by atoms with Crippen LogP contribution in [0.4, 0.5) is 0 Å². The smallest absolute Gasteiger partial charge is 0.329 e. The molecule has 0 bridgehead atoms. The molecule has 1 aliphatic rings. The number of nitrogens with one attached hydrogen (secondary N) is 2. The monoisotopic (exact) mass is 310 g/mol. The molecule has 0 unspecified atom stereocenters. The third-order valence-corrected chi connectivity index (χ3v) is 3.76. The number of benzene rings is 1. The van der Waals surface area contributed by atoms with Gasteiger partial charge in [-0.15, -0.1) is 0 Å². The topological polar surface area (TPSA) is 95.5 Å². The van der Waals surface area contributed by atoms with Gasteiger partial charge < -0.3 is 15.7 Å². The number of hydrogen-bond donors (Lipinski definition) is 3. The highest BCUT2D eigenvalue weighted by Crippen LogP contribution is 2.31. The molecule has 0 atom stereocenters. The van der Waals surface area contributed by atoms with Gasteiger partial charge in [-0.05, 0) is 43.5 Å². The summed E-state index contributed by atoms with van der Waals surface area (Å²) in [5, 5.41) is 14.5. The second kappa shape index (κ2) is 6.13. The van der Waals surface area contributed by atoms with Crippen LogP contribution in [0.1, 0.15) is 29.6 Å². The van der Waals surface area contributed by atoms with Crippen LogP contribution < -0.4 is 10.6 Å². The lowest BCUT2D eigenvalue weighted by Gasteiger charge is -2.38. The molecule has 1 saturated carbocycles. The Morgan fingerprint density at radius 1 is 1.19 bits per heavy atom. The van der Waals surface area contributed by atoms with Gasteiger partial charge in [0, 0.05) is 10.6 Å². The summed E-state index contributed by atoms with van der Waals surface area (Å²) in [5.41, 5.74) is -0.786. The molecule has 1 aromatic rings. The molecule has 2 rings (SSSR count). The van der Waals surface area contributed by atoms with E-state index in [1.807, 2.05) is 0 Å². The zero-order chi connectivity index (χ0) is 15.5. The maximum atomic E-state index is 11.8.